The molecule has 5 aliphatic rings. The van der Waals surface area contributed by atoms with Crippen LogP contribution in [-0.4, -0.2) is 225 Å². The van der Waals surface area contributed by atoms with Gasteiger partial charge < -0.3 is 106 Å². The van der Waals surface area contributed by atoms with Gasteiger partial charge >= 0.3 is 0 Å². The van der Waals surface area contributed by atoms with Gasteiger partial charge in [-0.25, -0.2) is 0 Å². The number of phenolic OH excluding ortho intramolecular Hbond substituents is 2. The number of carbonyl (C=O) groups excluding carboxylic acids is 4. The van der Waals surface area contributed by atoms with Gasteiger partial charge in [0.2, 0.25) is 28.6 Å². The predicted octanol–water partition coefficient (Wildman–Crippen LogP) is -4.53. The zero-order chi connectivity index (χ0) is 54.6. The van der Waals surface area contributed by atoms with Crippen LogP contribution in [0.4, 0.5) is 0 Å². The van der Waals surface area contributed by atoms with Gasteiger partial charge in [0.1, 0.15) is 125 Å². The SMILES string of the molecule is CCC1OC(C2(O)C(=O)C(=C(O)C=Cc3ccc(O)cc3)C(O)=C(C3C4=C(OC3C(O)C(O)C(O)CO)C(O)(C3OC(CO)C(O)C(O)C3O)C(=O)C(C(=O)C=Cc3ccc(O)cc3)=C4O)C2=O)C(O)C(O)C1O. The molecule has 17 unspecified atom stereocenters. The molecule has 0 saturated carbocycles. The topological polar surface area (TPSA) is 460 Å². The molecule has 0 radical (unpaired) electrons. The average Bonchev–Trinajstić information content (AvgIpc) is 3.78. The maximum Gasteiger partial charge on any atom is 0.219 e. The largest absolute Gasteiger partial charge is 0.508 e. The molecule has 3 heterocycles. The molecule has 25 heteroatoms. The molecule has 2 aromatic rings. The first kappa shape index (κ1) is 55.5. The van der Waals surface area contributed by atoms with Crippen LogP contribution in [0, 0.1) is 5.92 Å². The first-order valence-corrected chi connectivity index (χ1v) is 22.8. The summed E-state index contributed by atoms with van der Waals surface area (Å²) in [6.07, 6.45) is -30.5. The maximum absolute atomic E-state index is 15.5. The van der Waals surface area contributed by atoms with E-state index in [2.05, 4.69) is 0 Å². The van der Waals surface area contributed by atoms with Crippen LogP contribution >= 0.6 is 0 Å². The van der Waals surface area contributed by atoms with Crippen LogP contribution in [0.2, 0.25) is 0 Å². The van der Waals surface area contributed by atoms with Gasteiger partial charge in [0, 0.05) is 5.57 Å². The van der Waals surface area contributed by atoms with E-state index in [0.717, 1.165) is 12.2 Å². The van der Waals surface area contributed by atoms with Crippen molar-refractivity contribution < 1.29 is 125 Å². The summed E-state index contributed by atoms with van der Waals surface area (Å²) in [4.78, 5) is 59.6. The van der Waals surface area contributed by atoms with Crippen molar-refractivity contribution in [2.75, 3.05) is 13.2 Å². The first-order chi connectivity index (χ1) is 34.8. The maximum atomic E-state index is 15.5. The van der Waals surface area contributed by atoms with E-state index >= 15 is 4.79 Å². The zero-order valence-corrected chi connectivity index (χ0v) is 38.6. The van der Waals surface area contributed by atoms with Gasteiger partial charge in [-0.15, -0.1) is 0 Å². The third kappa shape index (κ3) is 9.13. The number of hydrogen-bond donors (Lipinski definition) is 18. The number of aliphatic hydroxyl groups is 16. The lowest BCUT2D eigenvalue weighted by Gasteiger charge is -2.47. The van der Waals surface area contributed by atoms with Gasteiger partial charge in [-0.05, 0) is 54.0 Å². The number of ether oxygens (including phenoxy) is 3. The first-order valence-electron chi connectivity index (χ1n) is 22.8. The lowest BCUT2D eigenvalue weighted by Crippen LogP contribution is -2.70. The van der Waals surface area contributed by atoms with Crippen LogP contribution in [0.5, 0.6) is 11.5 Å². The van der Waals surface area contributed by atoms with Crippen LogP contribution in [0.3, 0.4) is 0 Å². The van der Waals surface area contributed by atoms with E-state index in [9.17, 15) is 106 Å². The molecule has 18 N–H and O–H groups in total. The molecule has 3 aliphatic heterocycles. The zero-order valence-electron chi connectivity index (χ0n) is 38.6. The van der Waals surface area contributed by atoms with Crippen molar-refractivity contribution in [3.8, 4) is 11.5 Å². The van der Waals surface area contributed by atoms with Crippen LogP contribution in [0.15, 0.2) is 106 Å². The van der Waals surface area contributed by atoms with E-state index in [1.165, 1.54) is 55.5 Å². The molecule has 400 valence electrons. The second kappa shape index (κ2) is 21.2. The highest BCUT2D eigenvalue weighted by molar-refractivity contribution is 6.30. The molecule has 0 amide bonds. The standard InChI is InChI=1S/C49H54O25/c1-2-24-32(58)36(62)39(65)46(72-24)48(70)42(67)26(21(54)13-7-17-3-9-19(52)10-4-17)34(60)29(44(48)69)28-30-35(61)27(22(55)14-8-18-5-11-20(53)12-6-18)43(68)49(71,47-40(66)37(63)33(59)25(16-51)73-47)45(30)74-41(28)38(64)31(57)23(56)15-50/h3-14,23-25,28,31-33,36-41,46-47,50-54,56-66,70-71H,2,15-16H2,1H3. The number of phenols is 2. The van der Waals surface area contributed by atoms with E-state index in [0.29, 0.717) is 12.2 Å². The minimum Gasteiger partial charge on any atom is -0.508 e. The molecule has 2 aromatic carbocycles. The van der Waals surface area contributed by atoms with Crippen molar-refractivity contribution in [2.24, 2.45) is 5.92 Å². The number of aliphatic hydroxyl groups excluding tert-OH is 14. The normalized spacial score (nSPS) is 35.8. The fraction of sp³-hybridized carbons (Fsp3) is 0.429. The second-order valence-electron chi connectivity index (χ2n) is 18.2. The summed E-state index contributed by atoms with van der Waals surface area (Å²) >= 11 is 0. The average molecular weight is 1040 g/mol. The molecular weight excluding hydrogens is 989 g/mol. The Bertz CT molecular complexity index is 2720. The lowest BCUT2D eigenvalue weighted by molar-refractivity contribution is -0.264. The number of Topliss-reactive ketones (excluding diaryl/α,β-unsaturated/α-hetero) is 3. The highest BCUT2D eigenvalue weighted by atomic mass is 16.6. The van der Waals surface area contributed by atoms with Gasteiger partial charge in [0.05, 0.1) is 30.8 Å². The number of hydrogen-bond acceptors (Lipinski definition) is 25. The Kier molecular flexibility index (Phi) is 15.9. The van der Waals surface area contributed by atoms with Gasteiger partial charge in [-0.1, -0.05) is 43.3 Å². The van der Waals surface area contributed by atoms with Gasteiger partial charge in [-0.3, -0.25) is 19.2 Å². The number of carbonyl (C=O) groups is 4. The van der Waals surface area contributed by atoms with Crippen LogP contribution in [-0.2, 0) is 33.4 Å². The monoisotopic (exact) mass is 1040 g/mol. The predicted molar refractivity (Wildman–Crippen MR) is 244 cm³/mol. The summed E-state index contributed by atoms with van der Waals surface area (Å²) in [5.74, 6) is -17.0. The summed E-state index contributed by atoms with van der Waals surface area (Å²) < 4.78 is 17.2. The Morgan fingerprint density at radius 1 is 0.649 bits per heavy atom. The Balaban J connectivity index is 1.58. The summed E-state index contributed by atoms with van der Waals surface area (Å²) in [7, 11) is 0. The van der Waals surface area contributed by atoms with Crippen LogP contribution < -0.4 is 0 Å². The fourth-order valence-electron chi connectivity index (χ4n) is 9.65. The summed E-state index contributed by atoms with van der Waals surface area (Å²) in [5.41, 5.74) is -13.4. The number of rotatable bonds is 14. The number of ketones is 4. The third-order valence-corrected chi connectivity index (χ3v) is 13.8. The van der Waals surface area contributed by atoms with Gasteiger partial charge in [-0.2, -0.15) is 0 Å². The molecule has 2 fully saturated rings. The smallest absolute Gasteiger partial charge is 0.219 e. The van der Waals surface area contributed by atoms with E-state index in [1.807, 2.05) is 0 Å². The summed E-state index contributed by atoms with van der Waals surface area (Å²) in [6.45, 7) is -1.17. The molecule has 25 nitrogen and oxygen atoms in total. The molecule has 0 bridgehead atoms. The molecule has 0 aromatic heterocycles. The van der Waals surface area contributed by atoms with Gasteiger partial charge in [0.15, 0.2) is 5.78 Å². The van der Waals surface area contributed by atoms with Crippen molar-refractivity contribution in [3.63, 3.8) is 0 Å². The molecule has 74 heavy (non-hydrogen) atoms. The van der Waals surface area contributed by atoms with Crippen molar-refractivity contribution in [1.29, 1.82) is 0 Å². The van der Waals surface area contributed by atoms with Crippen molar-refractivity contribution in [1.82, 2.24) is 0 Å². The fourth-order valence-corrected chi connectivity index (χ4v) is 9.65. The molecule has 17 atom stereocenters. The Morgan fingerprint density at radius 3 is 1.66 bits per heavy atom. The molecule has 2 aliphatic carbocycles. The molecule has 2 saturated heterocycles. The minimum absolute atomic E-state index is 0.158. The van der Waals surface area contributed by atoms with Crippen molar-refractivity contribution >= 4 is 35.3 Å². The molecule has 7 rings (SSSR count). The third-order valence-electron chi connectivity index (χ3n) is 13.8. The van der Waals surface area contributed by atoms with Crippen molar-refractivity contribution in [2.45, 2.75) is 110 Å². The molecular formula is C49H54O25. The quantitative estimate of drug-likeness (QED) is 0.0367. The van der Waals surface area contributed by atoms with E-state index in [4.69, 9.17) is 14.2 Å². The Morgan fingerprint density at radius 2 is 1.15 bits per heavy atom. The summed E-state index contributed by atoms with van der Waals surface area (Å²) in [5, 5.41) is 201. The number of allylic oxidation sites excluding steroid dienone is 4. The Labute approximate surface area is 417 Å². The summed E-state index contributed by atoms with van der Waals surface area (Å²) in [6, 6.07) is 9.95. The highest BCUT2D eigenvalue weighted by Crippen LogP contribution is 2.54. The van der Waals surface area contributed by atoms with E-state index < -0.39 is 184 Å². The highest BCUT2D eigenvalue weighted by Gasteiger charge is 2.70. The van der Waals surface area contributed by atoms with Crippen LogP contribution in [0.25, 0.3) is 12.2 Å². The van der Waals surface area contributed by atoms with Crippen LogP contribution in [0.1, 0.15) is 24.5 Å². The molecule has 0 spiro atoms. The van der Waals surface area contributed by atoms with Crippen molar-refractivity contribution in [3.05, 3.63) is 117 Å². The van der Waals surface area contributed by atoms with Gasteiger partial charge in [0.25, 0.3) is 0 Å². The minimum atomic E-state index is -4.02. The second-order valence-corrected chi connectivity index (χ2v) is 18.2. The van der Waals surface area contributed by atoms with E-state index in [1.54, 1.807) is 0 Å². The number of aromatic hydroxyl groups is 2. The van der Waals surface area contributed by atoms with E-state index in [-0.39, 0.29) is 29.0 Å². The number of benzene rings is 2. The lowest BCUT2D eigenvalue weighted by atomic mass is 9.65. The Hall–Kier alpha value is -6.24.